The van der Waals surface area contributed by atoms with Crippen LogP contribution in [0.3, 0.4) is 0 Å². The molecular formula is C74H118O6. The Kier molecular flexibility index (Phi) is 62.4. The number of carbonyl (C=O) groups is 3. The number of carbonyl (C=O) groups excluding carboxylic acids is 3. The zero-order chi connectivity index (χ0) is 57.8. The fourth-order valence-corrected chi connectivity index (χ4v) is 8.44. The molecule has 80 heavy (non-hydrogen) atoms. The van der Waals surface area contributed by atoms with Crippen molar-refractivity contribution >= 4 is 17.9 Å². The number of ether oxygens (including phenoxy) is 3. The third kappa shape index (κ3) is 63.9. The van der Waals surface area contributed by atoms with E-state index >= 15 is 0 Å². The lowest BCUT2D eigenvalue weighted by molar-refractivity contribution is -0.167. The summed E-state index contributed by atoms with van der Waals surface area (Å²) in [4.78, 5) is 38.3. The molecule has 0 N–H and O–H groups in total. The Hall–Kier alpha value is -4.97. The monoisotopic (exact) mass is 1100 g/mol. The van der Waals surface area contributed by atoms with E-state index in [1.807, 2.05) is 0 Å². The third-order valence-corrected chi connectivity index (χ3v) is 13.2. The molecule has 0 saturated heterocycles. The summed E-state index contributed by atoms with van der Waals surface area (Å²) >= 11 is 0. The highest BCUT2D eigenvalue weighted by Gasteiger charge is 2.19. The SMILES string of the molecule is CC/C=C\C/C=C\C/C=C\C/C=C\C/C=C\C/C=C\CCCCCCCCCCCCCCC(=O)OCC(COC(=O)CCCCCCC/C=C\C/C=C\CCCC)OC(=O)CCC/C=C\C/C=C\C/C=C\C/C=C\C/C=C\CC. The summed E-state index contributed by atoms with van der Waals surface area (Å²) in [5, 5.41) is 0. The Morgan fingerprint density at radius 3 is 0.800 bits per heavy atom. The van der Waals surface area contributed by atoms with Crippen LogP contribution in [0, 0.1) is 0 Å². The van der Waals surface area contributed by atoms with Gasteiger partial charge < -0.3 is 14.2 Å². The summed E-state index contributed by atoms with van der Waals surface area (Å²) in [5.41, 5.74) is 0. The van der Waals surface area contributed by atoms with Gasteiger partial charge >= 0.3 is 17.9 Å². The Morgan fingerprint density at radius 1 is 0.263 bits per heavy atom. The van der Waals surface area contributed by atoms with Gasteiger partial charge in [0.05, 0.1) is 0 Å². The molecule has 6 nitrogen and oxygen atoms in total. The van der Waals surface area contributed by atoms with Crippen LogP contribution in [-0.2, 0) is 28.6 Å². The van der Waals surface area contributed by atoms with Gasteiger partial charge in [0.1, 0.15) is 13.2 Å². The van der Waals surface area contributed by atoms with Gasteiger partial charge in [-0.25, -0.2) is 0 Å². The number of allylic oxidation sites excluding steroid dienone is 26. The second-order valence-electron chi connectivity index (χ2n) is 20.9. The van der Waals surface area contributed by atoms with Crippen LogP contribution in [-0.4, -0.2) is 37.2 Å². The van der Waals surface area contributed by atoms with Gasteiger partial charge in [-0.15, -0.1) is 0 Å². The lowest BCUT2D eigenvalue weighted by atomic mass is 10.0. The van der Waals surface area contributed by atoms with Crippen molar-refractivity contribution < 1.29 is 28.6 Å². The molecule has 0 rings (SSSR count). The first-order valence-electron chi connectivity index (χ1n) is 32.5. The molecule has 450 valence electrons. The molecule has 6 heteroatoms. The van der Waals surface area contributed by atoms with E-state index in [9.17, 15) is 14.4 Å². The van der Waals surface area contributed by atoms with Gasteiger partial charge in [0, 0.05) is 19.3 Å². The summed E-state index contributed by atoms with van der Waals surface area (Å²) in [7, 11) is 0. The highest BCUT2D eigenvalue weighted by atomic mass is 16.6. The summed E-state index contributed by atoms with van der Waals surface area (Å²) in [6, 6.07) is 0. The molecule has 0 radical (unpaired) electrons. The number of esters is 3. The second kappa shape index (κ2) is 66.5. The largest absolute Gasteiger partial charge is 0.462 e. The lowest BCUT2D eigenvalue weighted by Crippen LogP contribution is -2.30. The fraction of sp³-hybridized carbons (Fsp3) is 0.608. The van der Waals surface area contributed by atoms with Crippen molar-refractivity contribution in [3.63, 3.8) is 0 Å². The molecule has 0 aromatic rings. The summed E-state index contributed by atoms with van der Waals surface area (Å²) in [5.74, 6) is -0.989. The average molecular weight is 1100 g/mol. The Labute approximate surface area is 492 Å². The normalized spacial score (nSPS) is 13.2. The molecule has 0 spiro atoms. The average Bonchev–Trinajstić information content (AvgIpc) is 3.46. The molecule has 0 aliphatic carbocycles. The zero-order valence-corrected chi connectivity index (χ0v) is 51.5. The number of hydrogen-bond donors (Lipinski definition) is 0. The van der Waals surface area contributed by atoms with Gasteiger partial charge in [-0.05, 0) is 135 Å². The maximum atomic E-state index is 12.9. The van der Waals surface area contributed by atoms with E-state index in [2.05, 4.69) is 179 Å². The molecule has 1 unspecified atom stereocenters. The van der Waals surface area contributed by atoms with Gasteiger partial charge in [0.25, 0.3) is 0 Å². The van der Waals surface area contributed by atoms with Crippen LogP contribution in [0.2, 0.25) is 0 Å². The molecular weight excluding hydrogens is 985 g/mol. The van der Waals surface area contributed by atoms with Crippen molar-refractivity contribution in [2.24, 2.45) is 0 Å². The van der Waals surface area contributed by atoms with Gasteiger partial charge in [0.2, 0.25) is 0 Å². The van der Waals surface area contributed by atoms with E-state index in [0.29, 0.717) is 19.3 Å². The van der Waals surface area contributed by atoms with Crippen LogP contribution < -0.4 is 0 Å². The topological polar surface area (TPSA) is 78.9 Å². The number of hydrogen-bond acceptors (Lipinski definition) is 6. The molecule has 0 aliphatic heterocycles. The second-order valence-corrected chi connectivity index (χ2v) is 20.9. The number of rotatable bonds is 57. The first-order chi connectivity index (χ1) is 39.5. The molecule has 0 fully saturated rings. The van der Waals surface area contributed by atoms with Crippen LogP contribution in [0.4, 0.5) is 0 Å². The predicted octanol–water partition coefficient (Wildman–Crippen LogP) is 22.5. The highest BCUT2D eigenvalue weighted by Crippen LogP contribution is 2.15. The minimum absolute atomic E-state index is 0.111. The van der Waals surface area contributed by atoms with E-state index in [4.69, 9.17) is 14.2 Å². The van der Waals surface area contributed by atoms with Crippen molar-refractivity contribution in [2.45, 2.75) is 277 Å². The summed E-state index contributed by atoms with van der Waals surface area (Å²) in [6.07, 6.45) is 96.9. The van der Waals surface area contributed by atoms with Crippen molar-refractivity contribution in [2.75, 3.05) is 13.2 Å². The fourth-order valence-electron chi connectivity index (χ4n) is 8.44. The molecule has 0 aromatic heterocycles. The van der Waals surface area contributed by atoms with Gasteiger partial charge in [-0.1, -0.05) is 275 Å². The van der Waals surface area contributed by atoms with Crippen molar-refractivity contribution in [1.29, 1.82) is 0 Å². The molecule has 0 heterocycles. The first kappa shape index (κ1) is 75.0. The van der Waals surface area contributed by atoms with Gasteiger partial charge in [-0.3, -0.25) is 14.4 Å². The Balaban J connectivity index is 4.35. The zero-order valence-electron chi connectivity index (χ0n) is 51.5. The molecule has 0 aliphatic rings. The van der Waals surface area contributed by atoms with E-state index in [0.717, 1.165) is 141 Å². The smallest absolute Gasteiger partial charge is 0.306 e. The standard InChI is InChI=1S/C74H118O6/c1-4-7-10-13-16-19-22-25-28-30-31-32-33-34-35-36-37-38-39-40-41-42-43-45-46-49-52-55-58-61-64-67-73(76)79-70-71(69-78-72(75)66-63-60-57-54-51-48-27-24-21-18-15-12-9-6-3)80-74(77)68-65-62-59-56-53-50-47-44-29-26-23-20-17-14-11-8-5-2/h7-8,10-11,15-20,24-29,31-32,34-35,37-38,47,50,56,59,71H,4-6,9,12-14,21-23,30,33,36,39-46,48-49,51-55,57-58,60-70H2,1-3H3/b10-7-,11-8-,18-15-,19-16-,20-17-,27-24-,28-25-,29-26-,32-31-,35-34-,38-37-,50-47-,59-56-. The van der Waals surface area contributed by atoms with E-state index in [-0.39, 0.29) is 37.5 Å². The number of unbranched alkanes of at least 4 members (excludes halogenated alkanes) is 20. The maximum Gasteiger partial charge on any atom is 0.306 e. The lowest BCUT2D eigenvalue weighted by Gasteiger charge is -2.18. The Morgan fingerprint density at radius 2 is 0.500 bits per heavy atom. The molecule has 0 amide bonds. The molecule has 0 saturated carbocycles. The minimum atomic E-state index is -0.822. The maximum absolute atomic E-state index is 12.9. The van der Waals surface area contributed by atoms with Crippen LogP contribution >= 0.6 is 0 Å². The molecule has 1 atom stereocenters. The van der Waals surface area contributed by atoms with E-state index in [1.165, 1.54) is 83.5 Å². The van der Waals surface area contributed by atoms with Crippen LogP contribution in [0.15, 0.2) is 158 Å². The van der Waals surface area contributed by atoms with Crippen molar-refractivity contribution in [3.05, 3.63) is 158 Å². The summed E-state index contributed by atoms with van der Waals surface area (Å²) < 4.78 is 16.8. The van der Waals surface area contributed by atoms with Crippen molar-refractivity contribution in [3.8, 4) is 0 Å². The van der Waals surface area contributed by atoms with E-state index in [1.54, 1.807) is 0 Å². The predicted molar refractivity (Wildman–Crippen MR) is 348 cm³/mol. The molecule has 0 bridgehead atoms. The quantitative estimate of drug-likeness (QED) is 0.0261. The van der Waals surface area contributed by atoms with Crippen LogP contribution in [0.5, 0.6) is 0 Å². The molecule has 0 aromatic carbocycles. The van der Waals surface area contributed by atoms with Crippen molar-refractivity contribution in [1.82, 2.24) is 0 Å². The van der Waals surface area contributed by atoms with Crippen LogP contribution in [0.1, 0.15) is 271 Å². The summed E-state index contributed by atoms with van der Waals surface area (Å²) in [6.45, 7) is 6.31. The van der Waals surface area contributed by atoms with Gasteiger partial charge in [-0.2, -0.15) is 0 Å². The first-order valence-corrected chi connectivity index (χ1v) is 32.5. The minimum Gasteiger partial charge on any atom is -0.462 e. The third-order valence-electron chi connectivity index (χ3n) is 13.2. The van der Waals surface area contributed by atoms with Gasteiger partial charge in [0.15, 0.2) is 6.10 Å². The van der Waals surface area contributed by atoms with Crippen LogP contribution in [0.25, 0.3) is 0 Å². The Bertz CT molecular complexity index is 1790. The van der Waals surface area contributed by atoms with E-state index < -0.39 is 6.10 Å². The highest BCUT2D eigenvalue weighted by molar-refractivity contribution is 5.71.